The Morgan fingerprint density at radius 1 is 0.826 bits per heavy atom. The highest BCUT2D eigenvalue weighted by atomic mass is 16.5. The summed E-state index contributed by atoms with van der Waals surface area (Å²) in [6.45, 7) is 0. The molecule has 0 spiro atoms. The molecular formula is C19H12N2O2. The second kappa shape index (κ2) is 4.14. The maximum Gasteiger partial charge on any atom is 0.332 e. The summed E-state index contributed by atoms with van der Waals surface area (Å²) >= 11 is 0. The minimum Gasteiger partial charge on any atom is -0.710 e. The number of aromatic nitrogens is 2. The van der Waals surface area contributed by atoms with Gasteiger partial charge in [-0.25, -0.2) is 4.73 Å². The summed E-state index contributed by atoms with van der Waals surface area (Å²) in [5.74, 6) is 0.238. The molecule has 1 aliphatic carbocycles. The molecule has 0 aliphatic heterocycles. The van der Waals surface area contributed by atoms with E-state index >= 15 is 0 Å². The molecule has 4 nitrogen and oxygen atoms in total. The molecule has 1 heterocycles. The van der Waals surface area contributed by atoms with Crippen LogP contribution >= 0.6 is 0 Å². The molecule has 4 heteroatoms. The molecule has 3 aromatic carbocycles. The largest absolute Gasteiger partial charge is 0.710 e. The average Bonchev–Trinajstić information content (AvgIpc) is 3.05. The van der Waals surface area contributed by atoms with Crippen molar-refractivity contribution < 1.29 is 9.94 Å². The minimum atomic E-state index is 0.238. The molecule has 1 N–H and O–H groups in total. The van der Waals surface area contributed by atoms with E-state index in [1.807, 2.05) is 66.7 Å². The number of benzene rings is 3. The minimum absolute atomic E-state index is 0.238. The first-order valence-corrected chi connectivity index (χ1v) is 7.43. The molecular weight excluding hydrogens is 288 g/mol. The fourth-order valence-electron chi connectivity index (χ4n) is 3.54. The van der Waals surface area contributed by atoms with Gasteiger partial charge in [0.15, 0.2) is 5.69 Å². The second-order valence-electron chi connectivity index (χ2n) is 5.70. The van der Waals surface area contributed by atoms with E-state index in [-0.39, 0.29) is 5.82 Å². The summed E-state index contributed by atoms with van der Waals surface area (Å²) in [5, 5.41) is 25.7. The van der Waals surface area contributed by atoms with Gasteiger partial charge >= 0.3 is 5.82 Å². The van der Waals surface area contributed by atoms with E-state index in [0.717, 1.165) is 31.4 Å². The van der Waals surface area contributed by atoms with Crippen LogP contribution in [0, 0.1) is 5.21 Å². The van der Waals surface area contributed by atoms with Crippen molar-refractivity contribution in [3.8, 4) is 33.9 Å². The Morgan fingerprint density at radius 3 is 2.26 bits per heavy atom. The Labute approximate surface area is 132 Å². The molecule has 5 rings (SSSR count). The normalized spacial score (nSPS) is 11.8. The monoisotopic (exact) mass is 300 g/mol. The van der Waals surface area contributed by atoms with Crippen LogP contribution in [0.3, 0.4) is 0 Å². The van der Waals surface area contributed by atoms with Crippen LogP contribution in [0.15, 0.2) is 66.7 Å². The van der Waals surface area contributed by atoms with E-state index in [0.29, 0.717) is 17.0 Å². The maximum absolute atomic E-state index is 12.9. The molecule has 110 valence electrons. The Balaban J connectivity index is 1.92. The van der Waals surface area contributed by atoms with Crippen LogP contribution in [0.5, 0.6) is 0 Å². The first-order valence-electron chi connectivity index (χ1n) is 7.43. The topological polar surface area (TPSA) is 52.1 Å². The van der Waals surface area contributed by atoms with Gasteiger partial charge in [-0.1, -0.05) is 42.5 Å². The summed E-state index contributed by atoms with van der Waals surface area (Å²) in [5.41, 5.74) is 3.52. The van der Waals surface area contributed by atoms with E-state index in [2.05, 4.69) is 0 Å². The maximum atomic E-state index is 12.9. The Bertz CT molecular complexity index is 1020. The van der Waals surface area contributed by atoms with Gasteiger partial charge in [-0.15, -0.1) is 0 Å². The fourth-order valence-corrected chi connectivity index (χ4v) is 3.54. The van der Waals surface area contributed by atoms with Crippen molar-refractivity contribution in [3.05, 3.63) is 71.9 Å². The average molecular weight is 300 g/mol. The van der Waals surface area contributed by atoms with Crippen LogP contribution in [0.2, 0.25) is 0 Å². The predicted octanol–water partition coefficient (Wildman–Crippen LogP) is 3.83. The number of nitrogens with zero attached hydrogens (tertiary/aromatic N) is 2. The van der Waals surface area contributed by atoms with Gasteiger partial charge in [0.05, 0.1) is 5.56 Å². The number of imidazole rings is 1. The molecule has 0 atom stereocenters. The molecule has 0 bridgehead atoms. The molecule has 0 radical (unpaired) electrons. The lowest BCUT2D eigenvalue weighted by Crippen LogP contribution is -2.29. The van der Waals surface area contributed by atoms with Crippen molar-refractivity contribution in [1.82, 2.24) is 4.73 Å². The van der Waals surface area contributed by atoms with E-state index in [1.165, 1.54) is 0 Å². The van der Waals surface area contributed by atoms with Crippen molar-refractivity contribution in [2.45, 2.75) is 0 Å². The first kappa shape index (κ1) is 12.3. The Kier molecular flexibility index (Phi) is 2.21. The Hall–Kier alpha value is -3.27. The molecule has 0 unspecified atom stereocenters. The standard InChI is InChI=1S/C19H12N2O2/c22-20-17-14-10-4-8-12-9-5-11-15(16(12)14)18(17)21(23)19(20)13-6-2-1-3-7-13/h1-11,22H. The van der Waals surface area contributed by atoms with Crippen LogP contribution in [0.1, 0.15) is 0 Å². The van der Waals surface area contributed by atoms with Gasteiger partial charge in [0.2, 0.25) is 5.69 Å². The zero-order valence-corrected chi connectivity index (χ0v) is 12.1. The third-order valence-corrected chi connectivity index (χ3v) is 4.48. The highest BCUT2D eigenvalue weighted by molar-refractivity contribution is 6.13. The molecule has 23 heavy (non-hydrogen) atoms. The van der Waals surface area contributed by atoms with E-state index in [4.69, 9.17) is 0 Å². The number of fused-ring (bicyclic) bond motifs is 3. The van der Waals surface area contributed by atoms with Crippen molar-refractivity contribution in [2.75, 3.05) is 0 Å². The van der Waals surface area contributed by atoms with Crippen molar-refractivity contribution >= 4 is 10.8 Å². The van der Waals surface area contributed by atoms with Crippen LogP contribution < -0.4 is 4.73 Å². The molecule has 0 amide bonds. The highest BCUT2D eigenvalue weighted by Gasteiger charge is 2.37. The van der Waals surface area contributed by atoms with Crippen molar-refractivity contribution in [3.63, 3.8) is 0 Å². The summed E-state index contributed by atoms with van der Waals surface area (Å²) < 4.78 is 1.85. The lowest BCUT2D eigenvalue weighted by atomic mass is 10.0. The molecule has 0 saturated carbocycles. The van der Waals surface area contributed by atoms with Gasteiger partial charge in [0.1, 0.15) is 0 Å². The lowest BCUT2D eigenvalue weighted by Gasteiger charge is -2.07. The summed E-state index contributed by atoms with van der Waals surface area (Å²) in [7, 11) is 0. The van der Waals surface area contributed by atoms with Gasteiger partial charge in [0, 0.05) is 16.5 Å². The van der Waals surface area contributed by atoms with Crippen molar-refractivity contribution in [2.24, 2.45) is 0 Å². The molecule has 4 aromatic rings. The van der Waals surface area contributed by atoms with E-state index in [9.17, 15) is 10.4 Å². The van der Waals surface area contributed by atoms with Gasteiger partial charge in [-0.3, -0.25) is 0 Å². The molecule has 0 saturated heterocycles. The van der Waals surface area contributed by atoms with Crippen molar-refractivity contribution in [1.29, 1.82) is 0 Å². The van der Waals surface area contributed by atoms with Gasteiger partial charge < -0.3 is 10.4 Å². The smallest absolute Gasteiger partial charge is 0.332 e. The van der Waals surface area contributed by atoms with Gasteiger partial charge in [-0.2, -0.15) is 0 Å². The lowest BCUT2D eigenvalue weighted by molar-refractivity contribution is -0.582. The second-order valence-corrected chi connectivity index (χ2v) is 5.70. The molecule has 1 aromatic heterocycles. The third-order valence-electron chi connectivity index (χ3n) is 4.48. The summed E-state index contributed by atoms with van der Waals surface area (Å²) in [6, 6.07) is 21.0. The van der Waals surface area contributed by atoms with Crippen LogP contribution in [0.4, 0.5) is 0 Å². The predicted molar refractivity (Wildman–Crippen MR) is 87.9 cm³/mol. The SMILES string of the molecule is [O-][n+]1c2c(n(O)c1-c1ccccc1)-c1cccc3cccc-2c13. The van der Waals surface area contributed by atoms with Gasteiger partial charge in [0.25, 0.3) is 0 Å². The van der Waals surface area contributed by atoms with E-state index in [1.54, 1.807) is 0 Å². The fraction of sp³-hybridized carbons (Fsp3) is 0. The highest BCUT2D eigenvalue weighted by Crippen LogP contribution is 2.46. The van der Waals surface area contributed by atoms with Crippen LogP contribution in [-0.2, 0) is 0 Å². The zero-order valence-electron chi connectivity index (χ0n) is 12.1. The summed E-state index contributed by atoms with van der Waals surface area (Å²) in [4.78, 5) is 0. The Morgan fingerprint density at radius 2 is 1.52 bits per heavy atom. The molecule has 0 fully saturated rings. The number of hydrogen-bond donors (Lipinski definition) is 1. The zero-order chi connectivity index (χ0) is 15.6. The first-order chi connectivity index (χ1) is 11.3. The summed E-state index contributed by atoms with van der Waals surface area (Å²) in [6.07, 6.45) is 0. The van der Waals surface area contributed by atoms with Crippen LogP contribution in [0.25, 0.3) is 44.7 Å². The quantitative estimate of drug-likeness (QED) is 0.290. The molecule has 1 aliphatic rings. The van der Waals surface area contributed by atoms with Crippen LogP contribution in [-0.4, -0.2) is 9.94 Å². The van der Waals surface area contributed by atoms with E-state index < -0.39 is 0 Å². The third kappa shape index (κ3) is 1.42. The van der Waals surface area contributed by atoms with Gasteiger partial charge in [-0.05, 0) is 34.4 Å². The number of rotatable bonds is 1. The number of hydrogen-bond acceptors (Lipinski definition) is 2.